The number of piperazine rings is 1. The second-order valence-corrected chi connectivity index (χ2v) is 8.25. The largest absolute Gasteiger partial charge is 0.334 e. The lowest BCUT2D eigenvalue weighted by atomic mass is 9.96. The first-order chi connectivity index (χ1) is 16.2. The molecule has 1 aliphatic heterocycles. The summed E-state index contributed by atoms with van der Waals surface area (Å²) < 4.78 is 0. The van der Waals surface area contributed by atoms with E-state index in [1.54, 1.807) is 0 Å². The molecule has 6 heteroatoms. The zero-order chi connectivity index (χ0) is 22.9. The summed E-state index contributed by atoms with van der Waals surface area (Å²) in [5, 5.41) is 5.17. The van der Waals surface area contributed by atoms with Crippen LogP contribution in [0.15, 0.2) is 91.0 Å². The lowest BCUT2D eigenvalue weighted by Gasteiger charge is -2.39. The molecule has 1 heterocycles. The van der Waals surface area contributed by atoms with Crippen LogP contribution in [0.25, 0.3) is 0 Å². The molecule has 4 rings (SSSR count). The molecule has 1 aliphatic rings. The van der Waals surface area contributed by atoms with Crippen molar-refractivity contribution in [2.45, 2.75) is 12.6 Å². The van der Waals surface area contributed by atoms with E-state index < -0.39 is 6.03 Å². The van der Waals surface area contributed by atoms with Crippen LogP contribution >= 0.6 is 0 Å². The second kappa shape index (κ2) is 11.4. The Kier molecular flexibility index (Phi) is 7.85. The highest BCUT2D eigenvalue weighted by molar-refractivity contribution is 5.95. The quantitative estimate of drug-likeness (QED) is 0.589. The van der Waals surface area contributed by atoms with Gasteiger partial charge >= 0.3 is 6.03 Å². The Hall–Kier alpha value is -3.48. The summed E-state index contributed by atoms with van der Waals surface area (Å²) in [5.74, 6) is -0.281. The van der Waals surface area contributed by atoms with Gasteiger partial charge in [0.1, 0.15) is 0 Å². The van der Waals surface area contributed by atoms with Crippen LogP contribution in [0.4, 0.5) is 4.79 Å². The summed E-state index contributed by atoms with van der Waals surface area (Å²) in [7, 11) is 0. The normalized spacial score (nSPS) is 14.7. The third-order valence-electron chi connectivity index (χ3n) is 5.92. The molecule has 0 saturated carbocycles. The van der Waals surface area contributed by atoms with Gasteiger partial charge in [-0.3, -0.25) is 19.9 Å². The number of carbonyl (C=O) groups excluding carboxylic acids is 2. The van der Waals surface area contributed by atoms with Crippen LogP contribution in [0.5, 0.6) is 0 Å². The Morgan fingerprint density at radius 3 is 1.79 bits per heavy atom. The highest BCUT2D eigenvalue weighted by Crippen LogP contribution is 2.29. The Morgan fingerprint density at radius 2 is 1.24 bits per heavy atom. The Labute approximate surface area is 195 Å². The molecule has 0 aromatic heterocycles. The number of nitrogens with one attached hydrogen (secondary N) is 2. The molecule has 0 atom stereocenters. The van der Waals surface area contributed by atoms with Gasteiger partial charge in [0.15, 0.2) is 0 Å². The van der Waals surface area contributed by atoms with E-state index in [4.69, 9.17) is 0 Å². The van der Waals surface area contributed by atoms with Crippen LogP contribution in [-0.4, -0.2) is 54.5 Å². The van der Waals surface area contributed by atoms with Crippen molar-refractivity contribution >= 4 is 11.9 Å². The minimum absolute atomic E-state index is 0.187. The van der Waals surface area contributed by atoms with E-state index in [9.17, 15) is 9.59 Å². The molecule has 0 aliphatic carbocycles. The Morgan fingerprint density at radius 1 is 0.727 bits per heavy atom. The van der Waals surface area contributed by atoms with Crippen LogP contribution in [0, 0.1) is 0 Å². The lowest BCUT2D eigenvalue weighted by molar-refractivity contribution is -0.121. The average Bonchev–Trinajstić information content (AvgIpc) is 2.86. The number of urea groups is 1. The van der Waals surface area contributed by atoms with Crippen molar-refractivity contribution < 1.29 is 9.59 Å². The van der Waals surface area contributed by atoms with E-state index in [1.165, 1.54) is 11.1 Å². The molecule has 2 N–H and O–H groups in total. The van der Waals surface area contributed by atoms with Crippen molar-refractivity contribution in [1.82, 2.24) is 20.4 Å². The molecule has 0 spiro atoms. The summed E-state index contributed by atoms with van der Waals surface area (Å²) >= 11 is 0. The van der Waals surface area contributed by atoms with E-state index >= 15 is 0 Å². The number of rotatable bonds is 7. The monoisotopic (exact) mass is 442 g/mol. The fourth-order valence-corrected chi connectivity index (χ4v) is 4.26. The molecular formula is C27H30N4O2. The lowest BCUT2D eigenvalue weighted by Crippen LogP contribution is -2.51. The van der Waals surface area contributed by atoms with E-state index in [-0.39, 0.29) is 18.5 Å². The fourth-order valence-electron chi connectivity index (χ4n) is 4.26. The third kappa shape index (κ3) is 6.51. The predicted molar refractivity (Wildman–Crippen MR) is 130 cm³/mol. The molecule has 170 valence electrons. The summed E-state index contributed by atoms with van der Waals surface area (Å²) in [6.45, 7) is 3.85. The molecule has 1 fully saturated rings. The number of benzene rings is 3. The molecule has 3 aromatic carbocycles. The van der Waals surface area contributed by atoms with Gasteiger partial charge in [0.25, 0.3) is 0 Å². The number of hydrogen-bond acceptors (Lipinski definition) is 4. The first kappa shape index (κ1) is 22.7. The third-order valence-corrected chi connectivity index (χ3v) is 5.92. The topological polar surface area (TPSA) is 64.7 Å². The molecule has 0 bridgehead atoms. The molecule has 1 saturated heterocycles. The minimum Gasteiger partial charge on any atom is -0.334 e. The molecule has 0 unspecified atom stereocenters. The second-order valence-electron chi connectivity index (χ2n) is 8.25. The van der Waals surface area contributed by atoms with Gasteiger partial charge in [0.05, 0.1) is 12.6 Å². The van der Waals surface area contributed by atoms with Gasteiger partial charge in [-0.2, -0.15) is 0 Å². The minimum atomic E-state index is -0.462. The number of nitrogens with zero attached hydrogens (tertiary/aromatic N) is 2. The van der Waals surface area contributed by atoms with Crippen molar-refractivity contribution in [3.05, 3.63) is 108 Å². The number of hydrogen-bond donors (Lipinski definition) is 2. The molecule has 3 amide bonds. The van der Waals surface area contributed by atoms with Crippen molar-refractivity contribution in [3.63, 3.8) is 0 Å². The van der Waals surface area contributed by atoms with E-state index in [1.807, 2.05) is 42.5 Å². The average molecular weight is 443 g/mol. The summed E-state index contributed by atoms with van der Waals surface area (Å²) in [6, 6.07) is 30.4. The number of amides is 3. The van der Waals surface area contributed by atoms with Gasteiger partial charge in [-0.25, -0.2) is 4.79 Å². The van der Waals surface area contributed by atoms with Crippen LogP contribution in [0.1, 0.15) is 22.7 Å². The zero-order valence-electron chi connectivity index (χ0n) is 18.7. The van der Waals surface area contributed by atoms with E-state index in [0.29, 0.717) is 6.54 Å². The van der Waals surface area contributed by atoms with Crippen LogP contribution in [0.2, 0.25) is 0 Å². The van der Waals surface area contributed by atoms with Gasteiger partial charge < -0.3 is 5.32 Å². The molecule has 33 heavy (non-hydrogen) atoms. The first-order valence-corrected chi connectivity index (χ1v) is 11.4. The standard InChI is InChI=1S/C27H30N4O2/c32-25(29-27(33)28-20-22-10-4-1-5-11-22)21-30-16-18-31(19-17-30)26(23-12-6-2-7-13-23)24-14-8-3-9-15-24/h1-15,26H,16-21H2,(H2,28,29,32,33). The maximum Gasteiger partial charge on any atom is 0.321 e. The highest BCUT2D eigenvalue weighted by Gasteiger charge is 2.27. The van der Waals surface area contributed by atoms with E-state index in [2.05, 4.69) is 69.0 Å². The van der Waals surface area contributed by atoms with Crippen molar-refractivity contribution in [3.8, 4) is 0 Å². The summed E-state index contributed by atoms with van der Waals surface area (Å²) in [5.41, 5.74) is 3.53. The molecule has 6 nitrogen and oxygen atoms in total. The number of carbonyl (C=O) groups is 2. The smallest absolute Gasteiger partial charge is 0.321 e. The van der Waals surface area contributed by atoms with Crippen molar-refractivity contribution in [2.24, 2.45) is 0 Å². The fraction of sp³-hybridized carbons (Fsp3) is 0.259. The van der Waals surface area contributed by atoms with E-state index in [0.717, 1.165) is 31.7 Å². The van der Waals surface area contributed by atoms with Gasteiger partial charge in [0, 0.05) is 32.7 Å². The van der Waals surface area contributed by atoms with Gasteiger partial charge in [-0.05, 0) is 16.7 Å². The van der Waals surface area contributed by atoms with Gasteiger partial charge in [0.2, 0.25) is 5.91 Å². The maximum absolute atomic E-state index is 12.4. The highest BCUT2D eigenvalue weighted by atomic mass is 16.2. The molecule has 3 aromatic rings. The predicted octanol–water partition coefficient (Wildman–Crippen LogP) is 3.42. The van der Waals surface area contributed by atoms with Crippen molar-refractivity contribution in [1.29, 1.82) is 0 Å². The Balaban J connectivity index is 1.28. The SMILES string of the molecule is O=C(CN1CCN(C(c2ccccc2)c2ccccc2)CC1)NC(=O)NCc1ccccc1. The van der Waals surface area contributed by atoms with Gasteiger partial charge in [-0.1, -0.05) is 91.0 Å². The zero-order valence-corrected chi connectivity index (χ0v) is 18.7. The van der Waals surface area contributed by atoms with Gasteiger partial charge in [-0.15, -0.1) is 0 Å². The number of imide groups is 1. The Bertz CT molecular complexity index is 980. The van der Waals surface area contributed by atoms with Crippen LogP contribution < -0.4 is 10.6 Å². The van der Waals surface area contributed by atoms with Crippen LogP contribution in [-0.2, 0) is 11.3 Å². The summed E-state index contributed by atoms with van der Waals surface area (Å²) in [4.78, 5) is 29.0. The maximum atomic E-state index is 12.4. The van der Waals surface area contributed by atoms with Crippen LogP contribution in [0.3, 0.4) is 0 Å². The first-order valence-electron chi connectivity index (χ1n) is 11.4. The molecular weight excluding hydrogens is 412 g/mol. The molecule has 0 radical (unpaired) electrons. The van der Waals surface area contributed by atoms with Crippen molar-refractivity contribution in [2.75, 3.05) is 32.7 Å². The summed E-state index contributed by atoms with van der Waals surface area (Å²) in [6.07, 6.45) is 0.